The zero-order valence-corrected chi connectivity index (χ0v) is 11.8. The van der Waals surface area contributed by atoms with Gasteiger partial charge < -0.3 is 15.2 Å². The largest absolute Gasteiger partial charge is 0.574 e. The van der Waals surface area contributed by atoms with Crippen LogP contribution in [0.5, 0.6) is 11.6 Å². The first-order chi connectivity index (χ1) is 10.9. The van der Waals surface area contributed by atoms with Gasteiger partial charge in [0, 0.05) is 18.8 Å². The predicted molar refractivity (Wildman–Crippen MR) is 72.2 cm³/mol. The summed E-state index contributed by atoms with van der Waals surface area (Å²) < 4.78 is 55.5. The standard InChI is InChI=1S/C8H10N2O.C6H3F4NO/c9-6-3-5-11-7-2-1-4-10-8(6)7;7-4-2-1-3-11-5(4)12-6(8,9)10/h1-2,4,6H,3,5,9H2;1-3H/t6-;/m1./s1. The Hall–Kier alpha value is -2.42. The third kappa shape index (κ3) is 5.06. The quantitative estimate of drug-likeness (QED) is 0.814. The van der Waals surface area contributed by atoms with Crippen LogP contribution in [0.1, 0.15) is 18.2 Å². The van der Waals surface area contributed by atoms with Crippen LogP contribution in [0.15, 0.2) is 36.7 Å². The van der Waals surface area contributed by atoms with Crippen LogP contribution in [0, 0.1) is 5.82 Å². The first-order valence-electron chi connectivity index (χ1n) is 6.56. The molecule has 9 heteroatoms. The summed E-state index contributed by atoms with van der Waals surface area (Å²) in [5.74, 6) is -1.37. The maximum absolute atomic E-state index is 12.4. The van der Waals surface area contributed by atoms with Gasteiger partial charge in [-0.3, -0.25) is 4.98 Å². The number of aromatic nitrogens is 2. The second kappa shape index (κ2) is 7.23. The minimum absolute atomic E-state index is 0.0555. The van der Waals surface area contributed by atoms with E-state index in [0.29, 0.717) is 6.61 Å². The highest BCUT2D eigenvalue weighted by atomic mass is 19.4. The summed E-state index contributed by atoms with van der Waals surface area (Å²) in [6.45, 7) is 0.708. The number of alkyl halides is 3. The highest BCUT2D eigenvalue weighted by Crippen LogP contribution is 2.27. The van der Waals surface area contributed by atoms with Crippen molar-refractivity contribution in [3.05, 3.63) is 48.2 Å². The van der Waals surface area contributed by atoms with Gasteiger partial charge in [0.15, 0.2) is 5.82 Å². The number of nitrogens with zero attached hydrogens (tertiary/aromatic N) is 2. The molecule has 0 unspecified atom stereocenters. The summed E-state index contributed by atoms with van der Waals surface area (Å²) in [5, 5.41) is 0. The fourth-order valence-corrected chi connectivity index (χ4v) is 1.79. The number of hydrogen-bond donors (Lipinski definition) is 1. The number of ether oxygens (including phenoxy) is 2. The smallest absolute Gasteiger partial charge is 0.492 e. The molecule has 0 radical (unpaired) electrons. The van der Waals surface area contributed by atoms with Gasteiger partial charge >= 0.3 is 6.36 Å². The zero-order chi connectivity index (χ0) is 16.9. The number of pyridine rings is 2. The van der Waals surface area contributed by atoms with E-state index >= 15 is 0 Å². The third-order valence-corrected chi connectivity index (χ3v) is 2.77. The first-order valence-corrected chi connectivity index (χ1v) is 6.56. The molecule has 0 amide bonds. The second-order valence-electron chi connectivity index (χ2n) is 4.47. The number of nitrogens with two attached hydrogens (primary N) is 1. The Morgan fingerprint density at radius 2 is 1.87 bits per heavy atom. The molecule has 5 nitrogen and oxygen atoms in total. The average Bonchev–Trinajstić information content (AvgIpc) is 2.50. The minimum atomic E-state index is -4.91. The van der Waals surface area contributed by atoms with E-state index in [1.807, 2.05) is 12.1 Å². The van der Waals surface area contributed by atoms with Crippen LogP contribution in [0.4, 0.5) is 17.6 Å². The molecule has 3 rings (SSSR count). The summed E-state index contributed by atoms with van der Waals surface area (Å²) in [7, 11) is 0. The molecule has 3 heterocycles. The maximum atomic E-state index is 12.4. The molecule has 1 aliphatic rings. The van der Waals surface area contributed by atoms with Crippen LogP contribution in [-0.2, 0) is 0 Å². The van der Waals surface area contributed by atoms with Crippen molar-refractivity contribution in [2.75, 3.05) is 6.61 Å². The molecule has 2 aromatic heterocycles. The van der Waals surface area contributed by atoms with Crippen molar-refractivity contribution in [1.29, 1.82) is 0 Å². The monoisotopic (exact) mass is 331 g/mol. The molecule has 2 N–H and O–H groups in total. The lowest BCUT2D eigenvalue weighted by Crippen LogP contribution is -2.21. The molecular formula is C14H13F4N3O2. The van der Waals surface area contributed by atoms with Gasteiger partial charge in [0.25, 0.3) is 5.88 Å². The minimum Gasteiger partial charge on any atom is -0.492 e. The molecule has 23 heavy (non-hydrogen) atoms. The van der Waals surface area contributed by atoms with Gasteiger partial charge in [0.2, 0.25) is 0 Å². The summed E-state index contributed by atoms with van der Waals surface area (Å²) in [6.07, 6.45) is -1.29. The van der Waals surface area contributed by atoms with Gasteiger partial charge in [-0.2, -0.15) is 0 Å². The Morgan fingerprint density at radius 3 is 2.52 bits per heavy atom. The van der Waals surface area contributed by atoms with E-state index in [1.54, 1.807) is 6.20 Å². The Bertz CT molecular complexity index is 652. The van der Waals surface area contributed by atoms with E-state index in [4.69, 9.17) is 10.5 Å². The number of hydrogen-bond acceptors (Lipinski definition) is 5. The summed E-state index contributed by atoms with van der Waals surface area (Å²) in [5.41, 5.74) is 6.69. The van der Waals surface area contributed by atoms with Gasteiger partial charge in [0.1, 0.15) is 5.75 Å². The van der Waals surface area contributed by atoms with E-state index in [1.165, 1.54) is 6.07 Å². The van der Waals surface area contributed by atoms with Gasteiger partial charge in [-0.15, -0.1) is 13.2 Å². The Morgan fingerprint density at radius 1 is 1.17 bits per heavy atom. The first kappa shape index (κ1) is 16.9. The topological polar surface area (TPSA) is 70.3 Å². The van der Waals surface area contributed by atoms with E-state index in [-0.39, 0.29) is 6.04 Å². The molecule has 1 aliphatic heterocycles. The van der Waals surface area contributed by atoms with Crippen LogP contribution in [0.3, 0.4) is 0 Å². The average molecular weight is 331 g/mol. The molecule has 0 bridgehead atoms. The molecular weight excluding hydrogens is 318 g/mol. The molecule has 1 atom stereocenters. The van der Waals surface area contributed by atoms with Crippen molar-refractivity contribution in [2.45, 2.75) is 18.8 Å². The van der Waals surface area contributed by atoms with Gasteiger partial charge in [-0.05, 0) is 24.3 Å². The van der Waals surface area contributed by atoms with Crippen LogP contribution >= 0.6 is 0 Å². The van der Waals surface area contributed by atoms with E-state index in [2.05, 4.69) is 14.7 Å². The molecule has 0 spiro atoms. The van der Waals surface area contributed by atoms with Crippen molar-refractivity contribution >= 4 is 0 Å². The van der Waals surface area contributed by atoms with Gasteiger partial charge in [-0.1, -0.05) is 0 Å². The van der Waals surface area contributed by atoms with Gasteiger partial charge in [-0.25, -0.2) is 9.37 Å². The number of rotatable bonds is 1. The molecule has 124 valence electrons. The fraction of sp³-hybridized carbons (Fsp3) is 0.286. The summed E-state index contributed by atoms with van der Waals surface area (Å²) in [6, 6.07) is 5.81. The number of halogens is 4. The molecule has 0 aliphatic carbocycles. The van der Waals surface area contributed by atoms with Crippen molar-refractivity contribution in [2.24, 2.45) is 5.73 Å². The third-order valence-electron chi connectivity index (χ3n) is 2.77. The van der Waals surface area contributed by atoms with Crippen molar-refractivity contribution in [1.82, 2.24) is 9.97 Å². The van der Waals surface area contributed by atoms with Crippen molar-refractivity contribution in [3.63, 3.8) is 0 Å². The summed E-state index contributed by atoms with van der Waals surface area (Å²) in [4.78, 5) is 7.20. The van der Waals surface area contributed by atoms with E-state index in [9.17, 15) is 17.6 Å². The Labute approximate surface area is 129 Å². The molecule has 2 aromatic rings. The van der Waals surface area contributed by atoms with Crippen molar-refractivity contribution < 1.29 is 27.0 Å². The molecule has 0 saturated heterocycles. The Kier molecular flexibility index (Phi) is 5.32. The number of fused-ring (bicyclic) bond motifs is 1. The second-order valence-corrected chi connectivity index (χ2v) is 4.47. The molecule has 0 aromatic carbocycles. The highest BCUT2D eigenvalue weighted by molar-refractivity contribution is 5.30. The normalized spacial score (nSPS) is 16.5. The molecule has 0 fully saturated rings. The van der Waals surface area contributed by atoms with Gasteiger partial charge in [0.05, 0.1) is 18.3 Å². The van der Waals surface area contributed by atoms with E-state index in [0.717, 1.165) is 30.1 Å². The zero-order valence-electron chi connectivity index (χ0n) is 11.8. The Balaban J connectivity index is 0.000000167. The lowest BCUT2D eigenvalue weighted by Gasteiger charge is -2.20. The lowest BCUT2D eigenvalue weighted by molar-refractivity contribution is -0.277. The van der Waals surface area contributed by atoms with E-state index < -0.39 is 18.1 Å². The van der Waals surface area contributed by atoms with Crippen LogP contribution in [0.2, 0.25) is 0 Å². The molecule has 0 saturated carbocycles. The maximum Gasteiger partial charge on any atom is 0.574 e. The van der Waals surface area contributed by atoms with Crippen LogP contribution in [-0.4, -0.2) is 22.9 Å². The van der Waals surface area contributed by atoms with Crippen LogP contribution < -0.4 is 15.2 Å². The van der Waals surface area contributed by atoms with Crippen LogP contribution in [0.25, 0.3) is 0 Å². The SMILES string of the molecule is Fc1cccnc1OC(F)(F)F.N[C@@H]1CCOc2cccnc21. The van der Waals surface area contributed by atoms with Crippen molar-refractivity contribution in [3.8, 4) is 11.6 Å². The highest BCUT2D eigenvalue weighted by Gasteiger charge is 2.32. The lowest BCUT2D eigenvalue weighted by atomic mass is 10.1. The predicted octanol–water partition coefficient (Wildman–Crippen LogP) is 2.98. The summed E-state index contributed by atoms with van der Waals surface area (Å²) >= 11 is 0. The fourth-order valence-electron chi connectivity index (χ4n) is 1.79.